The first-order valence-electron chi connectivity index (χ1n) is 22.2. The summed E-state index contributed by atoms with van der Waals surface area (Å²) < 4.78 is 0. The molecule has 0 saturated carbocycles. The Hall–Kier alpha value is -5.68. The van der Waals surface area contributed by atoms with Crippen molar-refractivity contribution in [3.05, 3.63) is 178 Å². The van der Waals surface area contributed by atoms with Crippen LogP contribution in [0, 0.1) is 0 Å². The molecule has 62 heavy (non-hydrogen) atoms. The van der Waals surface area contributed by atoms with Crippen molar-refractivity contribution in [2.45, 2.75) is 96.6 Å². The zero-order valence-corrected chi connectivity index (χ0v) is 38.0. The minimum atomic E-state index is -0.201. The standard InChI is InChI=1S/C58H46N2S2/c1-55(2)36-19-11-23-44-51(36)59-49-40(55)27-32(28-41(49)56(3,4)37-20-12-24-45(61-44)52(37)59)34-17-9-15-31-16-10-18-35(48(31)34)33-29-42-50-43(30-33)58(7,8)39-22-14-26-47-54(39)60(50)53-38(57(42,5)6)21-13-25-46(53)62-47/h9-30H,1-8H3. The molecule has 8 aromatic carbocycles. The molecular formula is C58H46N2S2. The van der Waals surface area contributed by atoms with Gasteiger partial charge in [-0.1, -0.05) is 164 Å². The second-order valence-corrected chi connectivity index (χ2v) is 22.7. The smallest absolute Gasteiger partial charge is 0.0642 e. The summed E-state index contributed by atoms with van der Waals surface area (Å²) in [5.74, 6) is 0. The molecule has 0 bridgehead atoms. The molecule has 0 spiro atoms. The van der Waals surface area contributed by atoms with Crippen LogP contribution in [0.15, 0.2) is 153 Å². The highest BCUT2D eigenvalue weighted by Gasteiger charge is 2.51. The Morgan fingerprint density at radius 3 is 0.919 bits per heavy atom. The zero-order valence-electron chi connectivity index (χ0n) is 36.4. The Bertz CT molecular complexity index is 3040. The van der Waals surface area contributed by atoms with Crippen LogP contribution in [0.4, 0.5) is 34.1 Å². The van der Waals surface area contributed by atoms with Crippen molar-refractivity contribution in [1.82, 2.24) is 0 Å². The fourth-order valence-electron chi connectivity index (χ4n) is 12.6. The third-order valence-corrected chi connectivity index (χ3v) is 18.1. The minimum absolute atomic E-state index is 0.201. The largest absolute Gasteiger partial charge is 0.307 e. The first-order chi connectivity index (χ1) is 29.8. The maximum atomic E-state index is 2.65. The van der Waals surface area contributed by atoms with E-state index in [1.165, 1.54) is 131 Å². The summed E-state index contributed by atoms with van der Waals surface area (Å²) in [4.78, 5) is 10.7. The van der Waals surface area contributed by atoms with Gasteiger partial charge in [0.1, 0.15) is 0 Å². The van der Waals surface area contributed by atoms with Crippen LogP contribution in [-0.4, -0.2) is 0 Å². The third-order valence-electron chi connectivity index (χ3n) is 15.9. The van der Waals surface area contributed by atoms with Gasteiger partial charge in [-0.05, 0) is 126 Å². The maximum Gasteiger partial charge on any atom is 0.0642 e. The lowest BCUT2D eigenvalue weighted by molar-refractivity contribution is 0.593. The molecule has 300 valence electrons. The topological polar surface area (TPSA) is 6.48 Å². The van der Waals surface area contributed by atoms with Crippen molar-refractivity contribution in [1.29, 1.82) is 0 Å². The lowest BCUT2D eigenvalue weighted by atomic mass is 9.65. The van der Waals surface area contributed by atoms with Gasteiger partial charge in [0.25, 0.3) is 0 Å². The molecule has 6 heterocycles. The second-order valence-electron chi connectivity index (χ2n) is 20.5. The third kappa shape index (κ3) is 4.09. The van der Waals surface area contributed by atoms with E-state index in [4.69, 9.17) is 0 Å². The predicted molar refractivity (Wildman–Crippen MR) is 261 cm³/mol. The van der Waals surface area contributed by atoms with Crippen LogP contribution >= 0.6 is 23.5 Å². The Morgan fingerprint density at radius 1 is 0.323 bits per heavy atom. The molecule has 6 aliphatic heterocycles. The van der Waals surface area contributed by atoms with Crippen LogP contribution < -0.4 is 9.80 Å². The number of nitrogens with zero attached hydrogens (tertiary/aromatic N) is 2. The summed E-state index contributed by atoms with van der Waals surface area (Å²) in [7, 11) is 0. The Labute approximate surface area is 373 Å². The highest BCUT2D eigenvalue weighted by atomic mass is 32.2. The van der Waals surface area contributed by atoms with E-state index in [1.807, 2.05) is 23.5 Å². The summed E-state index contributed by atoms with van der Waals surface area (Å²) in [5.41, 5.74) is 23.8. The van der Waals surface area contributed by atoms with Crippen LogP contribution in [0.1, 0.15) is 99.9 Å². The zero-order chi connectivity index (χ0) is 42.0. The number of rotatable bonds is 2. The van der Waals surface area contributed by atoms with Gasteiger partial charge in [0.15, 0.2) is 0 Å². The van der Waals surface area contributed by atoms with E-state index in [0.29, 0.717) is 0 Å². The van der Waals surface area contributed by atoms with Crippen molar-refractivity contribution < 1.29 is 0 Å². The molecule has 14 rings (SSSR count). The molecule has 0 unspecified atom stereocenters. The van der Waals surface area contributed by atoms with Gasteiger partial charge in [0.05, 0.1) is 34.1 Å². The van der Waals surface area contributed by atoms with Gasteiger partial charge in [0.2, 0.25) is 0 Å². The van der Waals surface area contributed by atoms with Gasteiger partial charge >= 0.3 is 0 Å². The average Bonchev–Trinajstić information content (AvgIpc) is 3.26. The molecule has 0 amide bonds. The van der Waals surface area contributed by atoms with Gasteiger partial charge in [-0.2, -0.15) is 0 Å². The first kappa shape index (κ1) is 35.9. The fourth-order valence-corrected chi connectivity index (χ4v) is 14.9. The van der Waals surface area contributed by atoms with Gasteiger partial charge in [-0.25, -0.2) is 0 Å². The van der Waals surface area contributed by atoms with Gasteiger partial charge in [0, 0.05) is 41.2 Å². The molecule has 2 nitrogen and oxygen atoms in total. The number of para-hydroxylation sites is 4. The number of anilines is 6. The quantitative estimate of drug-likeness (QED) is 0.171. The lowest BCUT2D eigenvalue weighted by Crippen LogP contribution is -2.39. The minimum Gasteiger partial charge on any atom is -0.307 e. The molecule has 8 aromatic rings. The average molecular weight is 835 g/mol. The number of hydrogen-bond donors (Lipinski definition) is 0. The van der Waals surface area contributed by atoms with Crippen LogP contribution in [-0.2, 0) is 21.7 Å². The van der Waals surface area contributed by atoms with Gasteiger partial charge in [-0.15, -0.1) is 0 Å². The van der Waals surface area contributed by atoms with Crippen molar-refractivity contribution in [2.24, 2.45) is 0 Å². The fraction of sp³-hybridized carbons (Fsp3) is 0.207. The van der Waals surface area contributed by atoms with E-state index in [-0.39, 0.29) is 21.7 Å². The molecule has 0 fully saturated rings. The molecule has 0 aromatic heterocycles. The summed E-state index contributed by atoms with van der Waals surface area (Å²) in [5, 5.41) is 2.59. The molecular weight excluding hydrogens is 789 g/mol. The number of hydrogen-bond acceptors (Lipinski definition) is 4. The lowest BCUT2D eigenvalue weighted by Gasteiger charge is -2.52. The van der Waals surface area contributed by atoms with Crippen molar-refractivity contribution in [2.75, 3.05) is 9.80 Å². The van der Waals surface area contributed by atoms with E-state index in [2.05, 4.69) is 199 Å². The molecule has 6 aliphatic rings. The van der Waals surface area contributed by atoms with Crippen LogP contribution in [0.25, 0.3) is 33.0 Å². The van der Waals surface area contributed by atoms with Gasteiger partial charge < -0.3 is 9.80 Å². The monoisotopic (exact) mass is 834 g/mol. The van der Waals surface area contributed by atoms with E-state index in [9.17, 15) is 0 Å². The van der Waals surface area contributed by atoms with Gasteiger partial charge in [-0.3, -0.25) is 0 Å². The van der Waals surface area contributed by atoms with E-state index in [0.717, 1.165) is 0 Å². The van der Waals surface area contributed by atoms with E-state index < -0.39 is 0 Å². The molecule has 0 aliphatic carbocycles. The van der Waals surface area contributed by atoms with Crippen molar-refractivity contribution in [3.63, 3.8) is 0 Å². The normalized spacial score (nSPS) is 18.3. The highest BCUT2D eigenvalue weighted by molar-refractivity contribution is 8.00. The molecule has 0 saturated heterocycles. The summed E-state index contributed by atoms with van der Waals surface area (Å²) >= 11 is 3.87. The number of fused-ring (bicyclic) bond motifs is 1. The van der Waals surface area contributed by atoms with E-state index >= 15 is 0 Å². The van der Waals surface area contributed by atoms with Crippen molar-refractivity contribution in [3.8, 4) is 22.3 Å². The molecule has 0 N–H and O–H groups in total. The van der Waals surface area contributed by atoms with Crippen LogP contribution in [0.5, 0.6) is 0 Å². The first-order valence-corrected chi connectivity index (χ1v) is 23.8. The Morgan fingerprint density at radius 2 is 0.613 bits per heavy atom. The molecule has 0 radical (unpaired) electrons. The predicted octanol–water partition coefficient (Wildman–Crippen LogP) is 16.6. The SMILES string of the molecule is CC1(C)c2cccc3c2N2c4c(cccc4C(C)(C)c4cc(-c5cccc6cccc(-c7cc8c9c(c7)C(C)(C)c7cccc%10c7N9c7c(cccc7C8(C)C)S%10)c56)cc1c42)S3. The Kier molecular flexibility index (Phi) is 6.52. The second kappa shape index (κ2) is 11.3. The van der Waals surface area contributed by atoms with Crippen LogP contribution in [0.2, 0.25) is 0 Å². The summed E-state index contributed by atoms with van der Waals surface area (Å²) in [6.07, 6.45) is 0. The maximum absolute atomic E-state index is 2.65. The van der Waals surface area contributed by atoms with Crippen molar-refractivity contribution >= 4 is 68.4 Å². The number of benzene rings is 8. The molecule has 4 heteroatoms. The molecule has 0 atom stereocenters. The Balaban J connectivity index is 1.04. The highest BCUT2D eigenvalue weighted by Crippen LogP contribution is 2.68. The summed E-state index contributed by atoms with van der Waals surface area (Å²) in [6, 6.07) is 52.1. The van der Waals surface area contributed by atoms with Crippen LogP contribution in [0.3, 0.4) is 0 Å². The summed E-state index contributed by atoms with van der Waals surface area (Å²) in [6.45, 7) is 19.6. The van der Waals surface area contributed by atoms with E-state index in [1.54, 1.807) is 0 Å².